The monoisotopic (exact) mass is 715 g/mol. The van der Waals surface area contributed by atoms with E-state index in [1.165, 1.54) is 16.3 Å². The molecule has 0 spiro atoms. The van der Waals surface area contributed by atoms with Crippen LogP contribution in [0.1, 0.15) is 0 Å². The maximum atomic E-state index is 4.81. The zero-order chi connectivity index (χ0) is 37.0. The number of hydrogen-bond acceptors (Lipinski definition) is 3. The second kappa shape index (κ2) is 13.0. The van der Waals surface area contributed by atoms with Crippen molar-refractivity contribution in [1.29, 1.82) is 0 Å². The van der Waals surface area contributed by atoms with Crippen LogP contribution in [0, 0.1) is 0 Å². The molecular weight excluding hydrogens is 683 g/mol. The van der Waals surface area contributed by atoms with Gasteiger partial charge in [-0.1, -0.05) is 78.9 Å². The summed E-state index contributed by atoms with van der Waals surface area (Å²) in [7, 11) is 0. The first kappa shape index (κ1) is 31.9. The molecular formula is C51H33N5. The van der Waals surface area contributed by atoms with E-state index in [1.54, 1.807) is 0 Å². The topological polar surface area (TPSA) is 48.5 Å². The summed E-state index contributed by atoms with van der Waals surface area (Å²) in [5.41, 5.74) is 16.3. The maximum Gasteiger partial charge on any atom is 0.0963 e. The number of para-hydroxylation sites is 2. The highest BCUT2D eigenvalue weighted by atomic mass is 15.0. The minimum atomic E-state index is 0.927. The summed E-state index contributed by atoms with van der Waals surface area (Å²) in [5.74, 6) is 0. The molecule has 0 bridgehead atoms. The molecule has 0 amide bonds. The summed E-state index contributed by atoms with van der Waals surface area (Å²) < 4.78 is 4.73. The molecule has 5 heteroatoms. The van der Waals surface area contributed by atoms with E-state index in [1.807, 2.05) is 48.9 Å². The minimum absolute atomic E-state index is 0.927. The molecule has 0 aliphatic rings. The summed E-state index contributed by atoms with van der Waals surface area (Å²) in [6, 6.07) is 64.7. The van der Waals surface area contributed by atoms with Gasteiger partial charge in [0.05, 0.1) is 39.0 Å². The van der Waals surface area contributed by atoms with Gasteiger partial charge in [0.15, 0.2) is 0 Å². The van der Waals surface area contributed by atoms with Crippen LogP contribution in [-0.2, 0) is 0 Å². The number of rotatable bonds is 6. The van der Waals surface area contributed by atoms with Gasteiger partial charge in [-0.15, -0.1) is 0 Å². The smallest absolute Gasteiger partial charge is 0.0963 e. The van der Waals surface area contributed by atoms with Crippen LogP contribution in [0.4, 0.5) is 0 Å². The third-order valence-electron chi connectivity index (χ3n) is 10.8. The van der Waals surface area contributed by atoms with Crippen LogP contribution >= 0.6 is 0 Å². The Morgan fingerprint density at radius 2 is 0.839 bits per heavy atom. The summed E-state index contributed by atoms with van der Waals surface area (Å²) in [4.78, 5) is 14.2. The van der Waals surface area contributed by atoms with Gasteiger partial charge in [0, 0.05) is 57.3 Å². The van der Waals surface area contributed by atoms with Gasteiger partial charge in [-0.25, -0.2) is 0 Å². The Labute approximate surface area is 323 Å². The molecule has 0 N–H and O–H groups in total. The van der Waals surface area contributed by atoms with E-state index < -0.39 is 0 Å². The van der Waals surface area contributed by atoms with Gasteiger partial charge in [-0.05, 0) is 125 Å². The Kier molecular flexibility index (Phi) is 7.42. The lowest BCUT2D eigenvalue weighted by Gasteiger charge is -2.13. The fraction of sp³-hybridized carbons (Fsp3) is 0. The first-order valence-corrected chi connectivity index (χ1v) is 18.8. The average Bonchev–Trinajstić information content (AvgIpc) is 3.79. The largest absolute Gasteiger partial charge is 0.309 e. The van der Waals surface area contributed by atoms with Gasteiger partial charge in [-0.2, -0.15) is 0 Å². The molecule has 0 unspecified atom stereocenters. The van der Waals surface area contributed by atoms with E-state index in [9.17, 15) is 0 Å². The van der Waals surface area contributed by atoms with Crippen molar-refractivity contribution >= 4 is 43.7 Å². The molecule has 0 saturated heterocycles. The van der Waals surface area contributed by atoms with Gasteiger partial charge in [0.2, 0.25) is 0 Å². The molecule has 5 aromatic heterocycles. The second-order valence-corrected chi connectivity index (χ2v) is 14.1. The lowest BCUT2D eigenvalue weighted by Crippen LogP contribution is -1.95. The first-order chi connectivity index (χ1) is 27.8. The van der Waals surface area contributed by atoms with E-state index in [0.717, 1.165) is 83.6 Å². The van der Waals surface area contributed by atoms with Crippen LogP contribution in [-0.4, -0.2) is 24.1 Å². The fourth-order valence-electron chi connectivity index (χ4n) is 8.28. The van der Waals surface area contributed by atoms with Crippen molar-refractivity contribution in [1.82, 2.24) is 24.1 Å². The van der Waals surface area contributed by atoms with Crippen LogP contribution in [0.2, 0.25) is 0 Å². The molecule has 6 aromatic carbocycles. The summed E-state index contributed by atoms with van der Waals surface area (Å²) in [5, 5.41) is 3.58. The van der Waals surface area contributed by atoms with Gasteiger partial charge in [0.25, 0.3) is 0 Å². The molecule has 56 heavy (non-hydrogen) atoms. The number of hydrogen-bond donors (Lipinski definition) is 0. The predicted molar refractivity (Wildman–Crippen MR) is 230 cm³/mol. The first-order valence-electron chi connectivity index (χ1n) is 18.8. The maximum absolute atomic E-state index is 4.81. The average molecular weight is 716 g/mol. The van der Waals surface area contributed by atoms with Crippen molar-refractivity contribution < 1.29 is 0 Å². The van der Waals surface area contributed by atoms with E-state index in [2.05, 4.69) is 161 Å². The molecule has 0 fully saturated rings. The number of benzene rings is 6. The Morgan fingerprint density at radius 1 is 0.286 bits per heavy atom. The zero-order valence-electron chi connectivity index (χ0n) is 30.3. The molecule has 0 atom stereocenters. The molecule has 0 radical (unpaired) electrons. The van der Waals surface area contributed by atoms with Crippen molar-refractivity contribution in [2.75, 3.05) is 0 Å². The molecule has 11 rings (SSSR count). The van der Waals surface area contributed by atoms with Crippen LogP contribution < -0.4 is 0 Å². The van der Waals surface area contributed by atoms with E-state index in [0.29, 0.717) is 0 Å². The quantitative estimate of drug-likeness (QED) is 0.172. The van der Waals surface area contributed by atoms with Crippen LogP contribution in [0.5, 0.6) is 0 Å². The molecule has 0 saturated carbocycles. The van der Waals surface area contributed by atoms with E-state index >= 15 is 0 Å². The van der Waals surface area contributed by atoms with Crippen molar-refractivity contribution in [3.63, 3.8) is 0 Å². The highest BCUT2D eigenvalue weighted by Gasteiger charge is 2.17. The standard InChI is InChI=1S/C51H33N5/c1-2-13-40(14-3-1)55-48-20-11-27-54-51(48)44-24-22-36(33-50(44)55)35-21-23-43-42-16-4-5-19-47(42)56(49(43)32-35)41-15-10-12-34(31-41)37-28-38(45-17-6-8-25-52-45)30-39(29-37)46-18-7-9-26-53-46/h1-33H. The Balaban J connectivity index is 1.08. The van der Waals surface area contributed by atoms with Crippen LogP contribution in [0.3, 0.4) is 0 Å². The van der Waals surface area contributed by atoms with Crippen molar-refractivity contribution in [3.05, 3.63) is 201 Å². The summed E-state index contributed by atoms with van der Waals surface area (Å²) in [6.45, 7) is 0. The SMILES string of the molecule is c1ccc(-n2c3cc(-c4ccc5c6ccccc6n(-c6cccc(-c7cc(-c8ccccn8)cc(-c8ccccn8)c7)c6)c5c4)ccc3c3ncccc32)cc1. The van der Waals surface area contributed by atoms with Gasteiger partial charge < -0.3 is 9.13 Å². The van der Waals surface area contributed by atoms with Gasteiger partial charge in [-0.3, -0.25) is 15.0 Å². The highest BCUT2D eigenvalue weighted by molar-refractivity contribution is 6.11. The molecule has 11 aromatic rings. The third-order valence-corrected chi connectivity index (χ3v) is 10.8. The molecule has 0 aliphatic heterocycles. The fourth-order valence-corrected chi connectivity index (χ4v) is 8.28. The Morgan fingerprint density at radius 3 is 1.57 bits per heavy atom. The normalized spacial score (nSPS) is 11.6. The zero-order valence-corrected chi connectivity index (χ0v) is 30.3. The minimum Gasteiger partial charge on any atom is -0.309 e. The Bertz CT molecular complexity index is 3180. The van der Waals surface area contributed by atoms with E-state index in [4.69, 9.17) is 15.0 Å². The van der Waals surface area contributed by atoms with Gasteiger partial charge >= 0.3 is 0 Å². The molecule has 5 nitrogen and oxygen atoms in total. The van der Waals surface area contributed by atoms with E-state index in [-0.39, 0.29) is 0 Å². The number of pyridine rings is 3. The second-order valence-electron chi connectivity index (χ2n) is 14.1. The number of aromatic nitrogens is 5. The third kappa shape index (κ3) is 5.29. The van der Waals surface area contributed by atoms with Crippen LogP contribution in [0.25, 0.3) is 99.9 Å². The lowest BCUT2D eigenvalue weighted by molar-refractivity contribution is 1.17. The van der Waals surface area contributed by atoms with Gasteiger partial charge in [0.1, 0.15) is 0 Å². The number of nitrogens with zero attached hydrogens (tertiary/aromatic N) is 5. The van der Waals surface area contributed by atoms with Crippen molar-refractivity contribution in [2.24, 2.45) is 0 Å². The number of fused-ring (bicyclic) bond motifs is 6. The molecule has 262 valence electrons. The highest BCUT2D eigenvalue weighted by Crippen LogP contribution is 2.39. The molecule has 0 aliphatic carbocycles. The summed E-state index contributed by atoms with van der Waals surface area (Å²) in [6.07, 6.45) is 5.57. The van der Waals surface area contributed by atoms with Crippen LogP contribution in [0.15, 0.2) is 201 Å². The lowest BCUT2D eigenvalue weighted by atomic mass is 9.96. The predicted octanol–water partition coefficient (Wildman–Crippen LogP) is 12.7. The molecule has 5 heterocycles. The summed E-state index contributed by atoms with van der Waals surface area (Å²) >= 11 is 0. The van der Waals surface area contributed by atoms with Crippen molar-refractivity contribution in [2.45, 2.75) is 0 Å². The Hall–Kier alpha value is -7.63. The van der Waals surface area contributed by atoms with Crippen molar-refractivity contribution in [3.8, 4) is 56.1 Å².